The summed E-state index contributed by atoms with van der Waals surface area (Å²) >= 11 is 1.78. The number of methoxy groups -OCH3 is 1. The van der Waals surface area contributed by atoms with Crippen LogP contribution < -0.4 is 10.2 Å². The summed E-state index contributed by atoms with van der Waals surface area (Å²) in [6.07, 6.45) is 2.25. The Labute approximate surface area is 179 Å². The maximum absolute atomic E-state index is 12.5. The lowest BCUT2D eigenvalue weighted by Gasteiger charge is -2.28. The molecular weight excluding hydrogens is 398 g/mol. The number of aromatic nitrogens is 1. The van der Waals surface area contributed by atoms with Crippen LogP contribution in [-0.2, 0) is 16.1 Å². The minimum Gasteiger partial charge on any atom is -0.465 e. The summed E-state index contributed by atoms with van der Waals surface area (Å²) in [5.74, 6) is 0.110. The molecule has 7 heteroatoms. The molecule has 0 saturated carbocycles. The molecule has 1 aromatic heterocycles. The van der Waals surface area contributed by atoms with E-state index in [0.717, 1.165) is 37.0 Å². The molecule has 2 aromatic carbocycles. The molecular formula is C23H26N3O3S+. The Morgan fingerprint density at radius 3 is 2.77 bits per heavy atom. The second kappa shape index (κ2) is 9.36. The molecule has 0 bridgehead atoms. The van der Waals surface area contributed by atoms with Crippen LogP contribution in [0.4, 0.5) is 0 Å². The average molecular weight is 425 g/mol. The molecule has 0 aliphatic carbocycles. The Morgan fingerprint density at radius 2 is 2.00 bits per heavy atom. The standard InChI is InChI=1S/C23H25N3O3S/c1-29-23(28)17-10-8-16(9-11-17)13-24-21(27)15-26-12-4-5-18(14-26)22-25-19-6-2-3-7-20(19)30-22/h2-3,6-11,18H,4-5,12-15H2,1H3,(H,24,27)/p+1/t18-/m0/s1. The van der Waals surface area contributed by atoms with Gasteiger partial charge in [-0.1, -0.05) is 24.3 Å². The molecule has 2 heterocycles. The van der Waals surface area contributed by atoms with Crippen molar-refractivity contribution in [3.05, 3.63) is 64.7 Å². The number of likely N-dealkylation sites (tertiary alicyclic amines) is 1. The van der Waals surface area contributed by atoms with Gasteiger partial charge in [-0.05, 0) is 42.7 Å². The summed E-state index contributed by atoms with van der Waals surface area (Å²) < 4.78 is 5.93. The predicted octanol–water partition coefficient (Wildman–Crippen LogP) is 2.16. The number of rotatable bonds is 6. The van der Waals surface area contributed by atoms with Crippen LogP contribution >= 0.6 is 11.3 Å². The molecule has 1 fully saturated rings. The number of carbonyl (C=O) groups is 2. The molecule has 1 unspecified atom stereocenters. The molecule has 1 amide bonds. The topological polar surface area (TPSA) is 72.7 Å². The minimum atomic E-state index is -0.359. The molecule has 4 rings (SSSR count). The van der Waals surface area contributed by atoms with Crippen molar-refractivity contribution >= 4 is 33.4 Å². The van der Waals surface area contributed by atoms with Crippen LogP contribution in [0.5, 0.6) is 0 Å². The summed E-state index contributed by atoms with van der Waals surface area (Å²) in [7, 11) is 1.36. The normalized spacial score (nSPS) is 18.8. The Bertz CT molecular complexity index is 999. The van der Waals surface area contributed by atoms with Gasteiger partial charge in [0.2, 0.25) is 0 Å². The number of para-hydroxylation sites is 1. The summed E-state index contributed by atoms with van der Waals surface area (Å²) in [6, 6.07) is 15.4. The van der Waals surface area contributed by atoms with Gasteiger partial charge in [0, 0.05) is 6.54 Å². The molecule has 6 nitrogen and oxygen atoms in total. The van der Waals surface area contributed by atoms with Crippen molar-refractivity contribution in [2.75, 3.05) is 26.7 Å². The molecule has 1 aliphatic rings. The van der Waals surface area contributed by atoms with Gasteiger partial charge in [-0.2, -0.15) is 0 Å². The van der Waals surface area contributed by atoms with Crippen molar-refractivity contribution in [1.82, 2.24) is 10.3 Å². The highest BCUT2D eigenvalue weighted by Crippen LogP contribution is 2.30. The highest BCUT2D eigenvalue weighted by molar-refractivity contribution is 7.18. The fraction of sp³-hybridized carbons (Fsp3) is 0.348. The maximum atomic E-state index is 12.5. The Kier molecular flexibility index (Phi) is 6.40. The molecule has 2 atom stereocenters. The third-order valence-corrected chi connectivity index (χ3v) is 6.75. The fourth-order valence-corrected chi connectivity index (χ4v) is 5.06. The molecule has 30 heavy (non-hydrogen) atoms. The number of amides is 1. The number of ether oxygens (including phenoxy) is 1. The van der Waals surface area contributed by atoms with E-state index in [0.29, 0.717) is 24.6 Å². The van der Waals surface area contributed by atoms with Gasteiger partial charge >= 0.3 is 5.97 Å². The second-order valence-electron chi connectivity index (χ2n) is 7.71. The van der Waals surface area contributed by atoms with Crippen molar-refractivity contribution in [2.45, 2.75) is 25.3 Å². The van der Waals surface area contributed by atoms with Crippen LogP contribution in [0.15, 0.2) is 48.5 Å². The summed E-state index contributed by atoms with van der Waals surface area (Å²) in [4.78, 5) is 30.1. The van der Waals surface area contributed by atoms with Crippen LogP contribution in [0.3, 0.4) is 0 Å². The zero-order valence-electron chi connectivity index (χ0n) is 17.0. The van der Waals surface area contributed by atoms with E-state index < -0.39 is 0 Å². The first-order valence-corrected chi connectivity index (χ1v) is 11.1. The Balaban J connectivity index is 1.29. The number of nitrogens with one attached hydrogen (secondary N) is 2. The molecule has 2 N–H and O–H groups in total. The number of hydrogen-bond acceptors (Lipinski definition) is 5. The highest BCUT2D eigenvalue weighted by atomic mass is 32.1. The van der Waals surface area contributed by atoms with E-state index >= 15 is 0 Å². The fourth-order valence-electron chi connectivity index (χ4n) is 3.95. The van der Waals surface area contributed by atoms with E-state index in [2.05, 4.69) is 23.5 Å². The van der Waals surface area contributed by atoms with Crippen molar-refractivity contribution in [3.8, 4) is 0 Å². The third kappa shape index (κ3) is 4.86. The lowest BCUT2D eigenvalue weighted by molar-refractivity contribution is -0.898. The number of esters is 1. The van der Waals surface area contributed by atoms with Crippen LogP contribution in [0.25, 0.3) is 10.2 Å². The first kappa shape index (κ1) is 20.5. The summed E-state index contributed by atoms with van der Waals surface area (Å²) in [5.41, 5.74) is 2.53. The number of nitrogens with zero attached hydrogens (tertiary/aromatic N) is 1. The third-order valence-electron chi connectivity index (χ3n) is 5.55. The zero-order valence-corrected chi connectivity index (χ0v) is 17.8. The van der Waals surface area contributed by atoms with Gasteiger partial charge in [0.25, 0.3) is 5.91 Å². The van der Waals surface area contributed by atoms with Crippen LogP contribution in [0, 0.1) is 0 Å². The molecule has 0 radical (unpaired) electrons. The molecule has 0 spiro atoms. The van der Waals surface area contributed by atoms with Gasteiger partial charge in [-0.15, -0.1) is 11.3 Å². The minimum absolute atomic E-state index is 0.0481. The van der Waals surface area contributed by atoms with Gasteiger partial charge in [0.1, 0.15) is 5.01 Å². The number of piperidine rings is 1. The summed E-state index contributed by atoms with van der Waals surface area (Å²) in [5, 5.41) is 4.19. The van der Waals surface area contributed by atoms with Crippen LogP contribution in [0.2, 0.25) is 0 Å². The van der Waals surface area contributed by atoms with Gasteiger partial charge in [-0.3, -0.25) is 4.79 Å². The number of benzene rings is 2. The van der Waals surface area contributed by atoms with Crippen LogP contribution in [-0.4, -0.2) is 43.6 Å². The lowest BCUT2D eigenvalue weighted by atomic mass is 9.99. The summed E-state index contributed by atoms with van der Waals surface area (Å²) in [6.45, 7) is 2.89. The maximum Gasteiger partial charge on any atom is 0.337 e. The predicted molar refractivity (Wildman–Crippen MR) is 117 cm³/mol. The SMILES string of the molecule is COC(=O)c1ccc(CNC(=O)C[NH+]2CCC[C@H](c3nc4ccccc4s3)C2)cc1. The average Bonchev–Trinajstić information content (AvgIpc) is 3.22. The monoisotopic (exact) mass is 424 g/mol. The Morgan fingerprint density at radius 1 is 1.20 bits per heavy atom. The molecule has 3 aromatic rings. The van der Waals surface area contributed by atoms with Gasteiger partial charge < -0.3 is 15.0 Å². The molecule has 1 saturated heterocycles. The van der Waals surface area contributed by atoms with Crippen molar-refractivity contribution in [3.63, 3.8) is 0 Å². The number of hydrogen-bond donors (Lipinski definition) is 2. The van der Waals surface area contributed by atoms with E-state index in [1.54, 1.807) is 23.5 Å². The van der Waals surface area contributed by atoms with E-state index in [1.165, 1.54) is 21.7 Å². The van der Waals surface area contributed by atoms with Gasteiger partial charge in [0.15, 0.2) is 6.54 Å². The van der Waals surface area contributed by atoms with E-state index in [-0.39, 0.29) is 11.9 Å². The van der Waals surface area contributed by atoms with E-state index in [1.807, 2.05) is 18.2 Å². The largest absolute Gasteiger partial charge is 0.465 e. The quantitative estimate of drug-likeness (QED) is 0.595. The molecule has 1 aliphatic heterocycles. The van der Waals surface area contributed by atoms with Crippen molar-refractivity contribution in [1.29, 1.82) is 0 Å². The smallest absolute Gasteiger partial charge is 0.337 e. The second-order valence-corrected chi connectivity index (χ2v) is 8.77. The van der Waals surface area contributed by atoms with E-state index in [9.17, 15) is 9.59 Å². The number of fused-ring (bicyclic) bond motifs is 1. The highest BCUT2D eigenvalue weighted by Gasteiger charge is 2.28. The Hall–Kier alpha value is -2.77. The number of thiazole rings is 1. The zero-order chi connectivity index (χ0) is 20.9. The first-order valence-electron chi connectivity index (χ1n) is 10.3. The molecule has 156 valence electrons. The van der Waals surface area contributed by atoms with Crippen molar-refractivity contribution in [2.24, 2.45) is 0 Å². The van der Waals surface area contributed by atoms with Gasteiger partial charge in [-0.25, -0.2) is 9.78 Å². The van der Waals surface area contributed by atoms with Gasteiger partial charge in [0.05, 0.1) is 41.9 Å². The number of quaternary nitrogens is 1. The number of carbonyl (C=O) groups excluding carboxylic acids is 2. The van der Waals surface area contributed by atoms with Crippen LogP contribution in [0.1, 0.15) is 39.7 Å². The lowest BCUT2D eigenvalue weighted by Crippen LogP contribution is -3.14. The first-order chi connectivity index (χ1) is 14.6. The van der Waals surface area contributed by atoms with E-state index in [4.69, 9.17) is 9.72 Å². The van der Waals surface area contributed by atoms with Crippen molar-refractivity contribution < 1.29 is 19.2 Å².